The lowest BCUT2D eigenvalue weighted by Gasteiger charge is -2.28. The maximum Gasteiger partial charge on any atom is 0.269 e. The van der Waals surface area contributed by atoms with Crippen LogP contribution < -0.4 is 5.32 Å². The molecule has 0 bridgehead atoms. The summed E-state index contributed by atoms with van der Waals surface area (Å²) in [5, 5.41) is 2.50. The van der Waals surface area contributed by atoms with Crippen LogP contribution in [0.4, 0.5) is 4.39 Å². The van der Waals surface area contributed by atoms with Gasteiger partial charge in [0.2, 0.25) is 11.8 Å². The first kappa shape index (κ1) is 23.4. The van der Waals surface area contributed by atoms with E-state index in [4.69, 9.17) is 0 Å². The Morgan fingerprint density at radius 2 is 1.78 bits per heavy atom. The first-order chi connectivity index (χ1) is 15.2. The van der Waals surface area contributed by atoms with Crippen LogP contribution >= 0.6 is 0 Å². The molecule has 0 unspecified atom stereocenters. The molecule has 0 spiro atoms. The highest BCUT2D eigenvalue weighted by molar-refractivity contribution is 7.90. The number of rotatable bonds is 8. The Kier molecular flexibility index (Phi) is 6.93. The zero-order valence-corrected chi connectivity index (χ0v) is 18.6. The van der Waals surface area contributed by atoms with E-state index in [-0.39, 0.29) is 48.2 Å². The molecule has 0 radical (unpaired) electrons. The van der Waals surface area contributed by atoms with E-state index in [1.807, 2.05) is 0 Å². The number of likely N-dealkylation sites (N-methyl/N-ethyl adjacent to an activating group) is 1. The van der Waals surface area contributed by atoms with Crippen LogP contribution in [0.1, 0.15) is 35.7 Å². The number of carbonyl (C=O) groups excluding carboxylic acids is 3. The Hall–Kier alpha value is -3.27. The largest absolute Gasteiger partial charge is 0.357 e. The number of nitrogens with one attached hydrogen (secondary N) is 1. The lowest BCUT2D eigenvalue weighted by atomic mass is 10.1. The van der Waals surface area contributed by atoms with Crippen molar-refractivity contribution >= 4 is 27.7 Å². The van der Waals surface area contributed by atoms with Gasteiger partial charge in [-0.2, -0.15) is 0 Å². The molecule has 32 heavy (non-hydrogen) atoms. The summed E-state index contributed by atoms with van der Waals surface area (Å²) in [6.45, 7) is 1.51. The van der Waals surface area contributed by atoms with Crippen molar-refractivity contribution in [2.75, 3.05) is 13.6 Å². The highest BCUT2D eigenvalue weighted by atomic mass is 32.2. The maximum atomic E-state index is 13.2. The fraction of sp³-hybridized carbons (Fsp3) is 0.318. The molecule has 0 saturated carbocycles. The molecular formula is C22H24FN3O5S. The lowest BCUT2D eigenvalue weighted by Crippen LogP contribution is -2.46. The van der Waals surface area contributed by atoms with Crippen molar-refractivity contribution in [1.29, 1.82) is 0 Å². The van der Waals surface area contributed by atoms with Gasteiger partial charge in [-0.25, -0.2) is 17.1 Å². The molecule has 10 heteroatoms. The first-order valence-corrected chi connectivity index (χ1v) is 11.5. The number of hydrogen-bond donors (Lipinski definition) is 1. The fourth-order valence-corrected chi connectivity index (χ4v) is 5.16. The molecule has 0 fully saturated rings. The van der Waals surface area contributed by atoms with E-state index in [2.05, 4.69) is 5.32 Å². The molecule has 2 aromatic rings. The number of carbonyl (C=O) groups is 3. The Labute approximate surface area is 186 Å². The minimum absolute atomic E-state index is 0.0394. The van der Waals surface area contributed by atoms with Gasteiger partial charge in [0.25, 0.3) is 15.9 Å². The Balaban J connectivity index is 1.69. The molecule has 1 aliphatic heterocycles. The number of halogens is 1. The Bertz CT molecular complexity index is 1130. The van der Waals surface area contributed by atoms with Gasteiger partial charge >= 0.3 is 0 Å². The molecule has 1 N–H and O–H groups in total. The highest BCUT2D eigenvalue weighted by Crippen LogP contribution is 2.30. The summed E-state index contributed by atoms with van der Waals surface area (Å²) in [6.07, 6.45) is 0.0242. The number of fused-ring (bicyclic) bond motifs is 1. The van der Waals surface area contributed by atoms with Crippen molar-refractivity contribution < 1.29 is 27.2 Å². The number of hydrogen-bond acceptors (Lipinski definition) is 5. The van der Waals surface area contributed by atoms with Crippen LogP contribution in [0.2, 0.25) is 0 Å². The van der Waals surface area contributed by atoms with Crippen LogP contribution in [-0.2, 0) is 26.2 Å². The smallest absolute Gasteiger partial charge is 0.269 e. The van der Waals surface area contributed by atoms with Gasteiger partial charge in [0.05, 0.1) is 5.56 Å². The molecule has 1 atom stereocenters. The second-order valence-electron chi connectivity index (χ2n) is 7.42. The maximum absolute atomic E-state index is 13.2. The minimum atomic E-state index is -3.94. The van der Waals surface area contributed by atoms with Gasteiger partial charge in [0.1, 0.15) is 16.8 Å². The fourth-order valence-electron chi connectivity index (χ4n) is 3.55. The zero-order chi connectivity index (χ0) is 23.5. The third-order valence-corrected chi connectivity index (χ3v) is 7.18. The van der Waals surface area contributed by atoms with Crippen molar-refractivity contribution in [1.82, 2.24) is 14.5 Å². The van der Waals surface area contributed by atoms with Crippen molar-refractivity contribution in [2.45, 2.75) is 37.2 Å². The summed E-state index contributed by atoms with van der Waals surface area (Å²) in [4.78, 5) is 38.9. The predicted octanol–water partition coefficient (Wildman–Crippen LogP) is 1.91. The van der Waals surface area contributed by atoms with Crippen LogP contribution in [0.3, 0.4) is 0 Å². The molecule has 1 heterocycles. The normalized spacial score (nSPS) is 15.2. The van der Waals surface area contributed by atoms with Gasteiger partial charge in [-0.15, -0.1) is 0 Å². The van der Waals surface area contributed by atoms with Gasteiger partial charge in [-0.3, -0.25) is 14.4 Å². The van der Waals surface area contributed by atoms with Crippen molar-refractivity contribution in [3.8, 4) is 0 Å². The SMILES string of the molecule is CNC(=O)[C@@H](C)N(Cc1ccc(F)cc1)C(=O)CCCN1C(=O)c2ccccc2S1(=O)=O. The minimum Gasteiger partial charge on any atom is -0.357 e. The van der Waals surface area contributed by atoms with E-state index in [1.165, 1.54) is 48.3 Å². The van der Waals surface area contributed by atoms with Gasteiger partial charge in [0, 0.05) is 26.6 Å². The zero-order valence-electron chi connectivity index (χ0n) is 17.7. The Morgan fingerprint density at radius 1 is 1.12 bits per heavy atom. The standard InChI is InChI=1S/C22H24FN3O5S/c1-15(21(28)24-2)25(14-16-9-11-17(23)12-10-16)20(27)8-5-13-26-22(29)18-6-3-4-7-19(18)32(26,30)31/h3-4,6-7,9-12,15H,5,8,13-14H2,1-2H3,(H,24,28)/t15-/m1/s1. The topological polar surface area (TPSA) is 104 Å². The number of sulfonamides is 1. The second kappa shape index (κ2) is 9.47. The highest BCUT2D eigenvalue weighted by Gasteiger charge is 2.40. The van der Waals surface area contributed by atoms with E-state index in [9.17, 15) is 27.2 Å². The molecule has 3 rings (SSSR count). The second-order valence-corrected chi connectivity index (χ2v) is 9.25. The average molecular weight is 462 g/mol. The van der Waals surface area contributed by atoms with Crippen LogP contribution in [0.25, 0.3) is 0 Å². The quantitative estimate of drug-likeness (QED) is 0.647. The number of amides is 3. The van der Waals surface area contributed by atoms with E-state index in [1.54, 1.807) is 19.1 Å². The van der Waals surface area contributed by atoms with E-state index < -0.39 is 27.8 Å². The van der Waals surface area contributed by atoms with E-state index in [0.717, 1.165) is 4.31 Å². The van der Waals surface area contributed by atoms with Gasteiger partial charge in [0.15, 0.2) is 0 Å². The van der Waals surface area contributed by atoms with Crippen molar-refractivity contribution in [3.05, 3.63) is 65.5 Å². The average Bonchev–Trinajstić information content (AvgIpc) is 2.98. The summed E-state index contributed by atoms with van der Waals surface area (Å²) >= 11 is 0. The van der Waals surface area contributed by atoms with Gasteiger partial charge < -0.3 is 10.2 Å². The van der Waals surface area contributed by atoms with Crippen LogP contribution in [-0.4, -0.2) is 55.0 Å². The van der Waals surface area contributed by atoms with Gasteiger partial charge in [-0.1, -0.05) is 24.3 Å². The Morgan fingerprint density at radius 3 is 2.41 bits per heavy atom. The van der Waals surface area contributed by atoms with Crippen molar-refractivity contribution in [2.24, 2.45) is 0 Å². The summed E-state index contributed by atoms with van der Waals surface area (Å²) in [5.41, 5.74) is 0.758. The number of nitrogens with zero attached hydrogens (tertiary/aromatic N) is 2. The van der Waals surface area contributed by atoms with Crippen LogP contribution in [0.15, 0.2) is 53.4 Å². The van der Waals surface area contributed by atoms with Crippen LogP contribution in [0, 0.1) is 5.82 Å². The van der Waals surface area contributed by atoms with Crippen LogP contribution in [0.5, 0.6) is 0 Å². The van der Waals surface area contributed by atoms with E-state index in [0.29, 0.717) is 5.56 Å². The third-order valence-electron chi connectivity index (χ3n) is 5.34. The first-order valence-electron chi connectivity index (χ1n) is 10.1. The molecule has 2 aromatic carbocycles. The summed E-state index contributed by atoms with van der Waals surface area (Å²) in [5.74, 6) is -1.78. The predicted molar refractivity (Wildman–Crippen MR) is 114 cm³/mol. The van der Waals surface area contributed by atoms with E-state index >= 15 is 0 Å². The summed E-state index contributed by atoms with van der Waals surface area (Å²) in [6, 6.07) is 10.8. The molecule has 0 saturated heterocycles. The monoisotopic (exact) mass is 461 g/mol. The van der Waals surface area contributed by atoms with Gasteiger partial charge in [-0.05, 0) is 43.2 Å². The summed E-state index contributed by atoms with van der Waals surface area (Å²) < 4.78 is 39.3. The molecule has 170 valence electrons. The molecule has 8 nitrogen and oxygen atoms in total. The molecule has 0 aromatic heterocycles. The van der Waals surface area contributed by atoms with Crippen molar-refractivity contribution in [3.63, 3.8) is 0 Å². The molecular weight excluding hydrogens is 437 g/mol. The third kappa shape index (κ3) is 4.64. The molecule has 0 aliphatic carbocycles. The molecule has 1 aliphatic rings. The number of benzene rings is 2. The lowest BCUT2D eigenvalue weighted by molar-refractivity contribution is -0.140. The molecule has 3 amide bonds. The summed E-state index contributed by atoms with van der Waals surface area (Å²) in [7, 11) is -2.48.